The Bertz CT molecular complexity index is 3040. The number of hydrogen-bond donors (Lipinski definition) is 3. The molecule has 3 amide bonds. The predicted molar refractivity (Wildman–Crippen MR) is 291 cm³/mol. The summed E-state index contributed by atoms with van der Waals surface area (Å²) in [6, 6.07) is 47.6. The van der Waals surface area contributed by atoms with Crippen molar-refractivity contribution in [2.45, 2.75) is 73.7 Å². The zero-order valence-corrected chi connectivity index (χ0v) is 43.8. The van der Waals surface area contributed by atoms with E-state index in [-0.39, 0.29) is 22.4 Å². The fourth-order valence-corrected chi connectivity index (χ4v) is 11.4. The van der Waals surface area contributed by atoms with E-state index in [9.17, 15) is 14.4 Å². The first-order chi connectivity index (χ1) is 36.4. The minimum Gasteiger partial charge on any atom is -0.448 e. The van der Waals surface area contributed by atoms with Crippen molar-refractivity contribution < 1.29 is 33.5 Å². The Hall–Kier alpha value is -7.80. The van der Waals surface area contributed by atoms with Crippen molar-refractivity contribution in [2.24, 2.45) is 5.16 Å². The summed E-state index contributed by atoms with van der Waals surface area (Å²) in [5.41, 5.74) is 8.50. The normalized spacial score (nSPS) is 15.7. The Morgan fingerprint density at radius 1 is 0.827 bits per heavy atom. The molecule has 9 rings (SSSR count). The van der Waals surface area contributed by atoms with Gasteiger partial charge in [0.05, 0.1) is 6.04 Å². The van der Waals surface area contributed by atoms with Gasteiger partial charge in [-0.15, -0.1) is 0 Å². The van der Waals surface area contributed by atoms with E-state index in [1.807, 2.05) is 178 Å². The van der Waals surface area contributed by atoms with Crippen LogP contribution >= 0.6 is 35.1 Å². The molecule has 0 bridgehead atoms. The number of pyridine rings is 1. The van der Waals surface area contributed by atoms with Crippen LogP contribution in [-0.2, 0) is 40.0 Å². The smallest absolute Gasteiger partial charge is 0.407 e. The Kier molecular flexibility index (Phi) is 16.4. The number of amides is 3. The Balaban J connectivity index is 1.02. The standard InChI is InChI=1S/C57H54N8O7S3/c1-56(2,3)71-55(69)60-33-34-73-36-39-35-59-32-31-44(39)74-45-30-29-43-46(52(67)65(43)48(45)53(68)70-49(37-19-9-4-10-20-37)38-21-11-5-12-22-38)61-51(66)47(50-62-54(58)75-64-50)63-72-57(40-23-13-6-14-24-40,41-25-15-7-16-26-41)42-27-17-8-18-28-42/h4-28,31-32,35,43,46,49H,29-30,33-34,36H2,1-3H3,(H,60,69)(H,61,66)(H2,58,62,64)/t43-,46+/m1/s1. The lowest BCUT2D eigenvalue weighted by molar-refractivity contribution is -0.158. The van der Waals surface area contributed by atoms with Crippen LogP contribution in [0.4, 0.5) is 9.93 Å². The minimum atomic E-state index is -1.36. The number of nitrogen functional groups attached to an aromatic ring is 1. The maximum atomic E-state index is 15.0. The molecule has 75 heavy (non-hydrogen) atoms. The van der Waals surface area contributed by atoms with Crippen LogP contribution in [0.3, 0.4) is 0 Å². The van der Waals surface area contributed by atoms with Gasteiger partial charge in [-0.3, -0.25) is 19.5 Å². The molecular weight excluding hydrogens is 1000 g/mol. The quantitative estimate of drug-likeness (QED) is 0.0173. The molecule has 18 heteroatoms. The number of fused-ring (bicyclic) bond motifs is 1. The number of nitrogens with two attached hydrogens (primary N) is 1. The van der Waals surface area contributed by atoms with E-state index in [1.54, 1.807) is 24.2 Å². The van der Waals surface area contributed by atoms with Gasteiger partial charge >= 0.3 is 12.1 Å². The maximum Gasteiger partial charge on any atom is 0.407 e. The number of aromatic nitrogens is 3. The van der Waals surface area contributed by atoms with E-state index in [4.69, 9.17) is 20.0 Å². The second kappa shape index (κ2) is 23.6. The molecule has 2 aromatic heterocycles. The number of anilines is 1. The lowest BCUT2D eigenvalue weighted by atomic mass is 9.80. The molecular formula is C57H54N8O7S3. The first-order valence-electron chi connectivity index (χ1n) is 24.2. The molecule has 2 aliphatic rings. The first kappa shape index (κ1) is 52.1. The van der Waals surface area contributed by atoms with Crippen molar-refractivity contribution >= 4 is 69.8 Å². The summed E-state index contributed by atoms with van der Waals surface area (Å²) in [4.78, 5) is 75.2. The molecule has 4 N–H and O–H groups in total. The Morgan fingerprint density at radius 3 is 1.95 bits per heavy atom. The number of allylic oxidation sites excluding steroid dienone is 1. The van der Waals surface area contributed by atoms with E-state index >= 15 is 4.79 Å². The van der Waals surface area contributed by atoms with Crippen molar-refractivity contribution in [1.29, 1.82) is 0 Å². The monoisotopic (exact) mass is 1060 g/mol. The average molecular weight is 1060 g/mol. The zero-order chi connectivity index (χ0) is 52.4. The SMILES string of the molecule is CC(C)(C)OC(=O)NCCSCc1cnccc1SC1=C(C(=O)OC(c2ccccc2)c2ccccc2)N2C(=O)[C@@H](NC(=O)C(=NOC(c3ccccc3)(c3ccccc3)c3ccccc3)c3nsc(N)n3)[C@H]2CC1. The zero-order valence-electron chi connectivity index (χ0n) is 41.3. The number of benzene rings is 5. The van der Waals surface area contributed by atoms with Gasteiger partial charge in [0.25, 0.3) is 11.8 Å². The number of nitrogens with zero attached hydrogens (tertiary/aromatic N) is 5. The van der Waals surface area contributed by atoms with E-state index < -0.39 is 53.3 Å². The summed E-state index contributed by atoms with van der Waals surface area (Å²) in [5, 5.41) is 10.4. The van der Waals surface area contributed by atoms with Crippen LogP contribution in [0.25, 0.3) is 0 Å². The van der Waals surface area contributed by atoms with Crippen LogP contribution in [0.5, 0.6) is 0 Å². The number of carbonyl (C=O) groups is 4. The first-order valence-corrected chi connectivity index (χ1v) is 27.0. The lowest BCUT2D eigenvalue weighted by Gasteiger charge is -2.50. The van der Waals surface area contributed by atoms with Crippen LogP contribution in [0.2, 0.25) is 0 Å². The molecule has 2 aliphatic heterocycles. The van der Waals surface area contributed by atoms with Crippen LogP contribution in [0.15, 0.2) is 191 Å². The van der Waals surface area contributed by atoms with Gasteiger partial charge in [-0.1, -0.05) is 169 Å². The third-order valence-corrected chi connectivity index (χ3v) is 15.1. The summed E-state index contributed by atoms with van der Waals surface area (Å²) in [6.45, 7) is 5.83. The molecule has 0 unspecified atom stereocenters. The molecule has 2 atom stereocenters. The van der Waals surface area contributed by atoms with E-state index in [2.05, 4.69) is 30.1 Å². The minimum absolute atomic E-state index is 0.0881. The summed E-state index contributed by atoms with van der Waals surface area (Å²) in [7, 11) is 0. The van der Waals surface area contributed by atoms with Gasteiger partial charge in [0.2, 0.25) is 17.1 Å². The summed E-state index contributed by atoms with van der Waals surface area (Å²) >= 11 is 3.87. The highest BCUT2D eigenvalue weighted by Crippen LogP contribution is 2.46. The molecule has 15 nitrogen and oxygen atoms in total. The third-order valence-electron chi connectivity index (χ3n) is 12.2. The van der Waals surface area contributed by atoms with Crippen molar-refractivity contribution in [2.75, 3.05) is 18.0 Å². The van der Waals surface area contributed by atoms with Crippen LogP contribution in [0.1, 0.15) is 78.9 Å². The van der Waals surface area contributed by atoms with Gasteiger partial charge in [-0.2, -0.15) is 21.1 Å². The molecule has 1 fully saturated rings. The number of rotatable bonds is 19. The fraction of sp³-hybridized carbons (Fsp3) is 0.228. The van der Waals surface area contributed by atoms with Crippen LogP contribution in [0, 0.1) is 0 Å². The van der Waals surface area contributed by atoms with Crippen molar-refractivity contribution in [3.63, 3.8) is 0 Å². The molecule has 0 spiro atoms. The fourth-order valence-electron chi connectivity index (χ4n) is 8.86. The molecule has 4 heterocycles. The van der Waals surface area contributed by atoms with Crippen LogP contribution < -0.4 is 16.4 Å². The number of oxime groups is 1. The van der Waals surface area contributed by atoms with Crippen LogP contribution in [-0.4, -0.2) is 78.8 Å². The number of hydrogen-bond acceptors (Lipinski definition) is 15. The third kappa shape index (κ3) is 12.1. The van der Waals surface area contributed by atoms with Gasteiger partial charge in [0.15, 0.2) is 11.2 Å². The van der Waals surface area contributed by atoms with Crippen molar-refractivity contribution in [1.82, 2.24) is 29.9 Å². The summed E-state index contributed by atoms with van der Waals surface area (Å²) in [5.74, 6) is -0.932. The number of nitrogens with one attached hydrogen (secondary N) is 2. The largest absolute Gasteiger partial charge is 0.448 e. The van der Waals surface area contributed by atoms with Gasteiger partial charge in [0, 0.05) is 68.5 Å². The molecule has 7 aromatic rings. The van der Waals surface area contributed by atoms with Gasteiger partial charge in [-0.05, 0) is 56.4 Å². The predicted octanol–water partition coefficient (Wildman–Crippen LogP) is 9.81. The highest BCUT2D eigenvalue weighted by Gasteiger charge is 2.54. The highest BCUT2D eigenvalue weighted by molar-refractivity contribution is 8.03. The molecule has 0 aliphatic carbocycles. The Labute approximate surface area is 447 Å². The second-order valence-electron chi connectivity index (χ2n) is 18.5. The molecule has 1 saturated heterocycles. The highest BCUT2D eigenvalue weighted by atomic mass is 32.2. The average Bonchev–Trinajstić information content (AvgIpc) is 3.89. The number of thioether (sulfide) groups is 2. The second-order valence-corrected chi connectivity index (χ2v) is 21.5. The number of β-lactam (4-membered cyclic amide) rings is 1. The number of alkyl carbamates (subject to hydrolysis) is 1. The maximum absolute atomic E-state index is 15.0. The molecule has 382 valence electrons. The summed E-state index contributed by atoms with van der Waals surface area (Å²) < 4.78 is 16.2. The molecule has 0 saturated carbocycles. The van der Waals surface area contributed by atoms with Gasteiger partial charge in [-0.25, -0.2) is 9.59 Å². The Morgan fingerprint density at radius 2 is 1.40 bits per heavy atom. The number of ether oxygens (including phenoxy) is 2. The molecule has 0 radical (unpaired) electrons. The van der Waals surface area contributed by atoms with Crippen molar-refractivity contribution in [3.8, 4) is 0 Å². The van der Waals surface area contributed by atoms with E-state index in [0.29, 0.717) is 35.8 Å². The summed E-state index contributed by atoms with van der Waals surface area (Å²) in [6.07, 6.45) is 2.94. The topological polar surface area (TPSA) is 200 Å². The van der Waals surface area contributed by atoms with Gasteiger partial charge < -0.3 is 30.7 Å². The number of carbonyl (C=O) groups excluding carboxylic acids is 4. The lowest BCUT2D eigenvalue weighted by Crippen LogP contribution is -2.72. The van der Waals surface area contributed by atoms with Crippen molar-refractivity contribution in [3.05, 3.63) is 220 Å². The molecule has 5 aromatic carbocycles. The van der Waals surface area contributed by atoms with Gasteiger partial charge in [0.1, 0.15) is 17.3 Å². The van der Waals surface area contributed by atoms with E-state index in [1.165, 1.54) is 16.7 Å². The van der Waals surface area contributed by atoms with E-state index in [0.717, 1.165) is 49.8 Å². The number of esters is 1.